The van der Waals surface area contributed by atoms with Gasteiger partial charge in [-0.3, -0.25) is 0 Å². The van der Waals surface area contributed by atoms with E-state index in [-0.39, 0.29) is 24.3 Å². The van der Waals surface area contributed by atoms with E-state index in [1.165, 1.54) is 24.2 Å². The van der Waals surface area contributed by atoms with Gasteiger partial charge in [-0.1, -0.05) is 6.07 Å². The van der Waals surface area contributed by atoms with Crippen molar-refractivity contribution in [1.29, 1.82) is 0 Å². The Morgan fingerprint density at radius 2 is 2.00 bits per heavy atom. The number of hydrogen-bond donors (Lipinski definition) is 2. The molecule has 1 fully saturated rings. The summed E-state index contributed by atoms with van der Waals surface area (Å²) < 4.78 is 21.1. The zero-order valence-electron chi connectivity index (χ0n) is 18.0. The molecule has 0 amide bonds. The van der Waals surface area contributed by atoms with Crippen LogP contribution in [0, 0.1) is 5.82 Å². The second-order valence-corrected chi connectivity index (χ2v) is 8.79. The number of anilines is 2. The highest BCUT2D eigenvalue weighted by molar-refractivity contribution is 7.99. The van der Waals surface area contributed by atoms with Crippen molar-refractivity contribution in [3.05, 3.63) is 60.9 Å². The van der Waals surface area contributed by atoms with Crippen LogP contribution < -0.4 is 10.1 Å². The summed E-state index contributed by atoms with van der Waals surface area (Å²) in [5.41, 5.74) is 1.37. The second kappa shape index (κ2) is 10.4. The Balaban J connectivity index is 0.00000259. The average Bonchev–Trinajstić information content (AvgIpc) is 3.31. The minimum Gasteiger partial charge on any atom is -0.489 e. The van der Waals surface area contributed by atoms with Gasteiger partial charge in [-0.15, -0.1) is 12.4 Å². The summed E-state index contributed by atoms with van der Waals surface area (Å²) >= 11 is 1.24. The summed E-state index contributed by atoms with van der Waals surface area (Å²) in [5.74, 6) is 0.993. The molecule has 2 aromatic carbocycles. The molecule has 2 aromatic heterocycles. The first-order valence-electron chi connectivity index (χ1n) is 10.5. The molecule has 7 nitrogen and oxygen atoms in total. The molecule has 4 aromatic rings. The standard InChI is InChI=1S/C23H23FN6OS.ClH/c1-30-11-7-16(8-12-30)31-19-4-2-3-18-21(19)22(28-14-27-18)29-15-5-6-20(17(24)13-15)32-23-25-9-10-26-23;/h2-6,9-10,13-14,16H,7-8,11-12H2,1H3,(H,25,26)(H,27,28,29);1H. The van der Waals surface area contributed by atoms with Crippen LogP contribution in [0.1, 0.15) is 12.8 Å². The van der Waals surface area contributed by atoms with Gasteiger partial charge < -0.3 is 19.9 Å². The van der Waals surface area contributed by atoms with Gasteiger partial charge in [-0.2, -0.15) is 0 Å². The lowest BCUT2D eigenvalue weighted by Gasteiger charge is -2.29. The van der Waals surface area contributed by atoms with Crippen molar-refractivity contribution in [2.75, 3.05) is 25.5 Å². The number of likely N-dealkylation sites (tertiary alicyclic amines) is 1. The first-order valence-corrected chi connectivity index (χ1v) is 11.3. The Bertz CT molecular complexity index is 1210. The second-order valence-electron chi connectivity index (χ2n) is 7.76. The van der Waals surface area contributed by atoms with Gasteiger partial charge in [0.15, 0.2) is 5.16 Å². The number of nitrogens with one attached hydrogen (secondary N) is 2. The molecule has 0 saturated carbocycles. The molecule has 0 spiro atoms. The van der Waals surface area contributed by atoms with Crippen LogP contribution >= 0.6 is 24.2 Å². The number of halogens is 2. The van der Waals surface area contributed by atoms with Gasteiger partial charge in [0, 0.05) is 31.2 Å². The molecule has 0 atom stereocenters. The Labute approximate surface area is 201 Å². The van der Waals surface area contributed by atoms with Crippen molar-refractivity contribution in [3.63, 3.8) is 0 Å². The predicted molar refractivity (Wildman–Crippen MR) is 130 cm³/mol. The van der Waals surface area contributed by atoms with Crippen molar-refractivity contribution in [1.82, 2.24) is 24.8 Å². The number of fused-ring (bicyclic) bond motifs is 1. The Hall–Kier alpha value is -2.88. The van der Waals surface area contributed by atoms with Gasteiger partial charge in [0.1, 0.15) is 29.8 Å². The molecule has 1 aliphatic rings. The molecule has 2 N–H and O–H groups in total. The third-order valence-electron chi connectivity index (χ3n) is 5.46. The van der Waals surface area contributed by atoms with Gasteiger partial charge in [0.25, 0.3) is 0 Å². The van der Waals surface area contributed by atoms with Gasteiger partial charge >= 0.3 is 0 Å². The van der Waals surface area contributed by atoms with E-state index in [4.69, 9.17) is 4.74 Å². The molecule has 1 saturated heterocycles. The fraction of sp³-hybridized carbons (Fsp3) is 0.261. The monoisotopic (exact) mass is 486 g/mol. The minimum atomic E-state index is -0.336. The largest absolute Gasteiger partial charge is 0.489 e. The maximum absolute atomic E-state index is 14.7. The number of rotatable bonds is 6. The van der Waals surface area contributed by atoms with Gasteiger partial charge in [-0.25, -0.2) is 19.3 Å². The van der Waals surface area contributed by atoms with Crippen molar-refractivity contribution in [3.8, 4) is 5.75 Å². The molecule has 5 rings (SSSR count). The van der Waals surface area contributed by atoms with E-state index in [0.717, 1.165) is 42.6 Å². The molecule has 1 aliphatic heterocycles. The topological polar surface area (TPSA) is 79.0 Å². The highest BCUT2D eigenvalue weighted by Crippen LogP contribution is 2.34. The van der Waals surface area contributed by atoms with Gasteiger partial charge in [0.05, 0.1) is 15.8 Å². The molecule has 10 heteroatoms. The van der Waals surface area contributed by atoms with E-state index in [2.05, 4.69) is 37.2 Å². The quantitative estimate of drug-likeness (QED) is 0.383. The first kappa shape index (κ1) is 23.3. The van der Waals surface area contributed by atoms with Crippen LogP contribution in [-0.2, 0) is 0 Å². The number of benzene rings is 2. The van der Waals surface area contributed by atoms with Crippen LogP contribution in [0.3, 0.4) is 0 Å². The summed E-state index contributed by atoms with van der Waals surface area (Å²) in [6.45, 7) is 2.03. The Morgan fingerprint density at radius 3 is 2.76 bits per heavy atom. The molecule has 0 radical (unpaired) electrons. The van der Waals surface area contributed by atoms with Gasteiger partial charge in [0.2, 0.25) is 0 Å². The molecule has 172 valence electrons. The zero-order chi connectivity index (χ0) is 21.9. The van der Waals surface area contributed by atoms with Crippen molar-refractivity contribution >= 4 is 46.6 Å². The molecule has 0 aliphatic carbocycles. The number of hydrogen-bond acceptors (Lipinski definition) is 7. The number of H-pyrrole nitrogens is 1. The highest BCUT2D eigenvalue weighted by Gasteiger charge is 2.20. The molecule has 3 heterocycles. The first-order chi connectivity index (χ1) is 15.7. The smallest absolute Gasteiger partial charge is 0.170 e. The molecular weight excluding hydrogens is 463 g/mol. The lowest BCUT2D eigenvalue weighted by atomic mass is 10.1. The number of imidazole rings is 1. The van der Waals surface area contributed by atoms with Crippen LogP contribution in [-0.4, -0.2) is 51.1 Å². The summed E-state index contributed by atoms with van der Waals surface area (Å²) in [6.07, 6.45) is 6.96. The zero-order valence-corrected chi connectivity index (χ0v) is 19.6. The number of piperidine rings is 1. The Kier molecular flexibility index (Phi) is 7.32. The van der Waals surface area contributed by atoms with Crippen molar-refractivity contribution in [2.45, 2.75) is 29.0 Å². The normalized spacial score (nSPS) is 14.7. The van der Waals surface area contributed by atoms with Crippen molar-refractivity contribution in [2.24, 2.45) is 0 Å². The summed E-state index contributed by atoms with van der Waals surface area (Å²) in [4.78, 5) is 18.7. The summed E-state index contributed by atoms with van der Waals surface area (Å²) in [5, 5.41) is 4.68. The van der Waals surface area contributed by atoms with E-state index in [9.17, 15) is 4.39 Å². The van der Waals surface area contributed by atoms with Gasteiger partial charge in [-0.05, 0) is 62.0 Å². The molecule has 33 heavy (non-hydrogen) atoms. The fourth-order valence-corrected chi connectivity index (χ4v) is 4.50. The number of nitrogens with zero attached hydrogens (tertiary/aromatic N) is 4. The lowest BCUT2D eigenvalue weighted by molar-refractivity contribution is 0.116. The maximum Gasteiger partial charge on any atom is 0.170 e. The number of ether oxygens (including phenoxy) is 1. The molecular formula is C23H24ClFN6OS. The number of aromatic amines is 1. The lowest BCUT2D eigenvalue weighted by Crippen LogP contribution is -2.35. The van der Waals surface area contributed by atoms with E-state index in [1.54, 1.807) is 18.5 Å². The molecule has 0 bridgehead atoms. The minimum absolute atomic E-state index is 0. The molecule has 0 unspecified atom stereocenters. The van der Waals surface area contributed by atoms with E-state index >= 15 is 0 Å². The third kappa shape index (κ3) is 5.38. The third-order valence-corrected chi connectivity index (χ3v) is 6.43. The van der Waals surface area contributed by atoms with Crippen LogP contribution in [0.5, 0.6) is 5.75 Å². The van der Waals surface area contributed by atoms with E-state index < -0.39 is 0 Å². The van der Waals surface area contributed by atoms with Crippen LogP contribution in [0.25, 0.3) is 10.9 Å². The average molecular weight is 487 g/mol. The van der Waals surface area contributed by atoms with Crippen LogP contribution in [0.15, 0.2) is 65.2 Å². The van der Waals surface area contributed by atoms with E-state index in [1.807, 2.05) is 24.3 Å². The highest BCUT2D eigenvalue weighted by atomic mass is 35.5. The predicted octanol–water partition coefficient (Wildman–Crippen LogP) is 5.28. The van der Waals surface area contributed by atoms with Crippen LogP contribution in [0.4, 0.5) is 15.9 Å². The summed E-state index contributed by atoms with van der Waals surface area (Å²) in [7, 11) is 2.13. The van der Waals surface area contributed by atoms with Crippen molar-refractivity contribution < 1.29 is 9.13 Å². The van der Waals surface area contributed by atoms with E-state index in [0.29, 0.717) is 21.6 Å². The summed E-state index contributed by atoms with van der Waals surface area (Å²) in [6, 6.07) is 10.8. The fourth-order valence-electron chi connectivity index (χ4n) is 3.76. The number of aromatic nitrogens is 4. The maximum atomic E-state index is 14.7. The van der Waals surface area contributed by atoms with Crippen LogP contribution in [0.2, 0.25) is 0 Å². The Morgan fingerprint density at radius 1 is 1.15 bits per heavy atom. The SMILES string of the molecule is CN1CCC(Oc2cccc3ncnc(Nc4ccc(Sc5ncc[nH]5)c(F)c4)c23)CC1.Cl.